The average Bonchev–Trinajstić information content (AvgIpc) is 2.75. The Morgan fingerprint density at radius 1 is 1.37 bits per heavy atom. The second kappa shape index (κ2) is 6.06. The number of hydrogen-bond acceptors (Lipinski definition) is 3. The molecule has 1 amide bonds. The predicted octanol–water partition coefficient (Wildman–Crippen LogP) is 2.41. The first-order valence-corrected chi connectivity index (χ1v) is 6.86. The van der Waals surface area contributed by atoms with Crippen LogP contribution in [0.5, 0.6) is 0 Å². The molecule has 2 N–H and O–H groups in total. The number of para-hydroxylation sites is 1. The van der Waals surface area contributed by atoms with E-state index in [0.29, 0.717) is 11.6 Å². The molecule has 1 aliphatic rings. The Labute approximate surface area is 114 Å². The van der Waals surface area contributed by atoms with Crippen molar-refractivity contribution in [3.8, 4) is 0 Å². The van der Waals surface area contributed by atoms with Crippen LogP contribution in [0.3, 0.4) is 0 Å². The minimum Gasteiger partial charge on any atom is -0.382 e. The van der Waals surface area contributed by atoms with E-state index in [1.165, 1.54) is 0 Å². The van der Waals surface area contributed by atoms with Crippen molar-refractivity contribution in [2.45, 2.75) is 45.4 Å². The summed E-state index contributed by atoms with van der Waals surface area (Å²) < 4.78 is 5.47. The summed E-state index contributed by atoms with van der Waals surface area (Å²) in [6.07, 6.45) is 0.973. The molecule has 4 nitrogen and oxygen atoms in total. The lowest BCUT2D eigenvalue weighted by atomic mass is 10.1. The van der Waals surface area contributed by atoms with Crippen LogP contribution in [0, 0.1) is 0 Å². The van der Waals surface area contributed by atoms with Crippen molar-refractivity contribution in [3.05, 3.63) is 29.8 Å². The maximum absolute atomic E-state index is 12.3. The van der Waals surface area contributed by atoms with Gasteiger partial charge in [0.1, 0.15) is 0 Å². The van der Waals surface area contributed by atoms with Gasteiger partial charge in [0.05, 0.1) is 17.7 Å². The van der Waals surface area contributed by atoms with Gasteiger partial charge in [-0.3, -0.25) is 4.79 Å². The van der Waals surface area contributed by atoms with Crippen molar-refractivity contribution in [1.29, 1.82) is 0 Å². The number of carbonyl (C=O) groups is 1. The van der Waals surface area contributed by atoms with Crippen LogP contribution in [0.2, 0.25) is 0 Å². The Bertz CT molecular complexity index is 446. The lowest BCUT2D eigenvalue weighted by molar-refractivity contribution is 0.0867. The van der Waals surface area contributed by atoms with Crippen LogP contribution in [0.15, 0.2) is 24.3 Å². The van der Waals surface area contributed by atoms with Gasteiger partial charge in [-0.25, -0.2) is 0 Å². The standard InChI is InChI=1S/C15H22N2O2/c1-10(2)16-14-7-5-4-6-12(14)15(18)17-13-8-9-19-11(13)3/h4-7,10-11,13,16H,8-9H2,1-3H3,(H,17,18). The molecule has 0 radical (unpaired) electrons. The fraction of sp³-hybridized carbons (Fsp3) is 0.533. The molecular weight excluding hydrogens is 240 g/mol. The quantitative estimate of drug-likeness (QED) is 0.876. The van der Waals surface area contributed by atoms with Crippen molar-refractivity contribution >= 4 is 11.6 Å². The SMILES string of the molecule is CC(C)Nc1ccccc1C(=O)NC1CCOC1C. The third kappa shape index (κ3) is 3.47. The molecule has 1 saturated heterocycles. The molecular formula is C15H22N2O2. The summed E-state index contributed by atoms with van der Waals surface area (Å²) in [6, 6.07) is 8.00. The Morgan fingerprint density at radius 3 is 2.74 bits per heavy atom. The first-order valence-electron chi connectivity index (χ1n) is 6.86. The second-order valence-corrected chi connectivity index (χ2v) is 5.29. The number of nitrogens with one attached hydrogen (secondary N) is 2. The highest BCUT2D eigenvalue weighted by Gasteiger charge is 2.26. The number of anilines is 1. The molecule has 4 heteroatoms. The molecule has 0 spiro atoms. The fourth-order valence-electron chi connectivity index (χ4n) is 2.29. The highest BCUT2D eigenvalue weighted by Crippen LogP contribution is 2.18. The molecule has 1 aromatic carbocycles. The summed E-state index contributed by atoms with van der Waals surface area (Å²) in [7, 11) is 0. The molecule has 2 unspecified atom stereocenters. The van der Waals surface area contributed by atoms with Crippen LogP contribution in [-0.4, -0.2) is 30.7 Å². The zero-order chi connectivity index (χ0) is 13.8. The van der Waals surface area contributed by atoms with Crippen LogP contribution in [0.4, 0.5) is 5.69 Å². The lowest BCUT2D eigenvalue weighted by Crippen LogP contribution is -2.39. The van der Waals surface area contributed by atoms with E-state index < -0.39 is 0 Å². The third-order valence-electron chi connectivity index (χ3n) is 3.31. The van der Waals surface area contributed by atoms with Gasteiger partial charge < -0.3 is 15.4 Å². The van der Waals surface area contributed by atoms with E-state index >= 15 is 0 Å². The summed E-state index contributed by atoms with van der Waals surface area (Å²) in [6.45, 7) is 6.83. The van der Waals surface area contributed by atoms with Gasteiger partial charge in [-0.05, 0) is 39.3 Å². The van der Waals surface area contributed by atoms with E-state index in [1.807, 2.05) is 31.2 Å². The Hall–Kier alpha value is -1.55. The topological polar surface area (TPSA) is 50.4 Å². The molecule has 1 fully saturated rings. The fourth-order valence-corrected chi connectivity index (χ4v) is 2.29. The molecule has 0 aromatic heterocycles. The number of rotatable bonds is 4. The normalized spacial score (nSPS) is 22.5. The van der Waals surface area contributed by atoms with E-state index in [4.69, 9.17) is 4.74 Å². The maximum Gasteiger partial charge on any atom is 0.253 e. The van der Waals surface area contributed by atoms with E-state index in [-0.39, 0.29) is 18.1 Å². The highest BCUT2D eigenvalue weighted by molar-refractivity contribution is 5.99. The van der Waals surface area contributed by atoms with Crippen molar-refractivity contribution < 1.29 is 9.53 Å². The molecule has 2 atom stereocenters. The van der Waals surface area contributed by atoms with Crippen LogP contribution in [0.1, 0.15) is 37.6 Å². The minimum absolute atomic E-state index is 0.0360. The van der Waals surface area contributed by atoms with Gasteiger partial charge in [-0.1, -0.05) is 12.1 Å². The summed E-state index contributed by atoms with van der Waals surface area (Å²) in [5, 5.41) is 6.35. The maximum atomic E-state index is 12.3. The monoisotopic (exact) mass is 262 g/mol. The molecule has 0 saturated carbocycles. The molecule has 1 heterocycles. The average molecular weight is 262 g/mol. The molecule has 0 bridgehead atoms. The number of benzene rings is 1. The minimum atomic E-state index is -0.0360. The highest BCUT2D eigenvalue weighted by atomic mass is 16.5. The molecule has 19 heavy (non-hydrogen) atoms. The number of hydrogen-bond donors (Lipinski definition) is 2. The smallest absolute Gasteiger partial charge is 0.253 e. The van der Waals surface area contributed by atoms with Crippen LogP contribution in [0.25, 0.3) is 0 Å². The van der Waals surface area contributed by atoms with Gasteiger partial charge in [-0.2, -0.15) is 0 Å². The van der Waals surface area contributed by atoms with Crippen molar-refractivity contribution in [2.75, 3.05) is 11.9 Å². The van der Waals surface area contributed by atoms with E-state index in [0.717, 1.165) is 18.7 Å². The van der Waals surface area contributed by atoms with Crippen LogP contribution < -0.4 is 10.6 Å². The number of ether oxygens (including phenoxy) is 1. The first kappa shape index (κ1) is 13.9. The third-order valence-corrected chi connectivity index (χ3v) is 3.31. The lowest BCUT2D eigenvalue weighted by Gasteiger charge is -2.18. The molecule has 104 valence electrons. The molecule has 0 aliphatic carbocycles. The summed E-state index contributed by atoms with van der Waals surface area (Å²) in [5.74, 6) is -0.0360. The van der Waals surface area contributed by atoms with Crippen molar-refractivity contribution in [3.63, 3.8) is 0 Å². The van der Waals surface area contributed by atoms with Gasteiger partial charge >= 0.3 is 0 Å². The second-order valence-electron chi connectivity index (χ2n) is 5.29. The Kier molecular flexibility index (Phi) is 4.43. The zero-order valence-corrected chi connectivity index (χ0v) is 11.8. The van der Waals surface area contributed by atoms with Gasteiger partial charge in [0.2, 0.25) is 0 Å². The van der Waals surface area contributed by atoms with E-state index in [9.17, 15) is 4.79 Å². The van der Waals surface area contributed by atoms with Gasteiger partial charge in [0, 0.05) is 18.3 Å². The van der Waals surface area contributed by atoms with Crippen molar-refractivity contribution in [1.82, 2.24) is 5.32 Å². The van der Waals surface area contributed by atoms with Crippen molar-refractivity contribution in [2.24, 2.45) is 0 Å². The molecule has 1 aromatic rings. The molecule has 1 aliphatic heterocycles. The molecule has 2 rings (SSSR count). The largest absolute Gasteiger partial charge is 0.382 e. The predicted molar refractivity (Wildman–Crippen MR) is 76.5 cm³/mol. The van der Waals surface area contributed by atoms with Crippen LogP contribution in [-0.2, 0) is 4.74 Å². The van der Waals surface area contributed by atoms with Gasteiger partial charge in [0.25, 0.3) is 5.91 Å². The number of carbonyl (C=O) groups excluding carboxylic acids is 1. The van der Waals surface area contributed by atoms with E-state index in [1.54, 1.807) is 0 Å². The summed E-state index contributed by atoms with van der Waals surface area (Å²) >= 11 is 0. The Morgan fingerprint density at radius 2 is 2.11 bits per heavy atom. The Balaban J connectivity index is 2.10. The zero-order valence-electron chi connectivity index (χ0n) is 11.8. The number of amides is 1. The first-order chi connectivity index (χ1) is 9.08. The summed E-state index contributed by atoms with van der Waals surface area (Å²) in [4.78, 5) is 12.3. The van der Waals surface area contributed by atoms with Crippen LogP contribution >= 0.6 is 0 Å². The summed E-state index contributed by atoms with van der Waals surface area (Å²) in [5.41, 5.74) is 1.57. The van der Waals surface area contributed by atoms with Gasteiger partial charge in [0.15, 0.2) is 0 Å². The van der Waals surface area contributed by atoms with Gasteiger partial charge in [-0.15, -0.1) is 0 Å². The van der Waals surface area contributed by atoms with E-state index in [2.05, 4.69) is 24.5 Å².